The molecule has 102 valence electrons. The van der Waals surface area contributed by atoms with Crippen LogP contribution in [0.3, 0.4) is 0 Å². The van der Waals surface area contributed by atoms with Gasteiger partial charge in [0.05, 0.1) is 4.92 Å². The number of nitrogens with zero attached hydrogens (tertiary/aromatic N) is 1. The van der Waals surface area contributed by atoms with Gasteiger partial charge in [0.15, 0.2) is 0 Å². The Kier molecular flexibility index (Phi) is 3.95. The normalized spacial score (nSPS) is 10.0. The Bertz CT molecular complexity index is 641. The first-order valence-corrected chi connectivity index (χ1v) is 5.88. The summed E-state index contributed by atoms with van der Waals surface area (Å²) in [5.74, 6) is -1.32. The number of nitro benzene ring substituents is 1. The SMILES string of the molecule is O=C(O)c1cccc(NCc2ccccc2)c1[N+](=O)[O-]. The predicted molar refractivity (Wildman–Crippen MR) is 73.8 cm³/mol. The van der Waals surface area contributed by atoms with Gasteiger partial charge >= 0.3 is 11.7 Å². The van der Waals surface area contributed by atoms with E-state index in [1.54, 1.807) is 0 Å². The topological polar surface area (TPSA) is 92.5 Å². The third-order valence-electron chi connectivity index (χ3n) is 2.77. The van der Waals surface area contributed by atoms with Crippen molar-refractivity contribution in [3.8, 4) is 0 Å². The smallest absolute Gasteiger partial charge is 0.342 e. The summed E-state index contributed by atoms with van der Waals surface area (Å²) in [4.78, 5) is 21.4. The van der Waals surface area contributed by atoms with E-state index in [4.69, 9.17) is 5.11 Å². The van der Waals surface area contributed by atoms with Gasteiger partial charge in [0.1, 0.15) is 11.3 Å². The first-order chi connectivity index (χ1) is 9.59. The van der Waals surface area contributed by atoms with E-state index in [9.17, 15) is 14.9 Å². The zero-order chi connectivity index (χ0) is 14.5. The number of carbonyl (C=O) groups is 1. The Morgan fingerprint density at radius 1 is 1.15 bits per heavy atom. The summed E-state index contributed by atoms with van der Waals surface area (Å²) in [5.41, 5.74) is 0.394. The molecule has 0 aromatic heterocycles. The number of anilines is 1. The molecule has 6 heteroatoms. The van der Waals surface area contributed by atoms with Crippen molar-refractivity contribution in [1.82, 2.24) is 0 Å². The molecule has 0 aliphatic heterocycles. The van der Waals surface area contributed by atoms with Crippen molar-refractivity contribution in [2.45, 2.75) is 6.54 Å². The Balaban J connectivity index is 2.30. The first kappa shape index (κ1) is 13.5. The van der Waals surface area contributed by atoms with Gasteiger partial charge in [-0.3, -0.25) is 10.1 Å². The van der Waals surface area contributed by atoms with Gasteiger partial charge in [-0.2, -0.15) is 0 Å². The van der Waals surface area contributed by atoms with E-state index >= 15 is 0 Å². The minimum atomic E-state index is -1.32. The van der Waals surface area contributed by atoms with Crippen LogP contribution < -0.4 is 5.32 Å². The van der Waals surface area contributed by atoms with Crippen LogP contribution in [-0.4, -0.2) is 16.0 Å². The van der Waals surface area contributed by atoms with E-state index in [1.807, 2.05) is 30.3 Å². The Labute approximate surface area is 114 Å². The number of nitrogens with one attached hydrogen (secondary N) is 1. The molecule has 0 saturated carbocycles. The predicted octanol–water partition coefficient (Wildman–Crippen LogP) is 2.91. The molecule has 0 spiro atoms. The van der Waals surface area contributed by atoms with E-state index < -0.39 is 16.6 Å². The monoisotopic (exact) mass is 272 g/mol. The number of benzene rings is 2. The van der Waals surface area contributed by atoms with Crippen LogP contribution in [0.5, 0.6) is 0 Å². The average Bonchev–Trinajstić information content (AvgIpc) is 2.45. The van der Waals surface area contributed by atoms with Crippen LogP contribution in [0.25, 0.3) is 0 Å². The first-order valence-electron chi connectivity index (χ1n) is 5.88. The molecule has 0 bridgehead atoms. The Morgan fingerprint density at radius 3 is 2.45 bits per heavy atom. The Morgan fingerprint density at radius 2 is 1.85 bits per heavy atom. The summed E-state index contributed by atoms with van der Waals surface area (Å²) < 4.78 is 0. The van der Waals surface area contributed by atoms with Crippen LogP contribution in [0.4, 0.5) is 11.4 Å². The summed E-state index contributed by atoms with van der Waals surface area (Å²) in [6.07, 6.45) is 0. The second kappa shape index (κ2) is 5.83. The van der Waals surface area contributed by atoms with Gasteiger partial charge in [-0.25, -0.2) is 4.79 Å². The van der Waals surface area contributed by atoms with Gasteiger partial charge in [-0.1, -0.05) is 36.4 Å². The molecule has 20 heavy (non-hydrogen) atoms. The standard InChI is InChI=1S/C14H12N2O4/c17-14(18)11-7-4-8-12(13(11)16(19)20)15-9-10-5-2-1-3-6-10/h1-8,15H,9H2,(H,17,18). The summed E-state index contributed by atoms with van der Waals surface area (Å²) in [7, 11) is 0. The summed E-state index contributed by atoms with van der Waals surface area (Å²) in [5, 5.41) is 23.0. The number of carboxylic acids is 1. The maximum absolute atomic E-state index is 11.1. The number of carboxylic acid groups (broad SMARTS) is 1. The van der Waals surface area contributed by atoms with Crippen molar-refractivity contribution in [1.29, 1.82) is 0 Å². The highest BCUT2D eigenvalue weighted by molar-refractivity contribution is 5.95. The number of nitro groups is 1. The van der Waals surface area contributed by atoms with Crippen LogP contribution in [0, 0.1) is 10.1 Å². The fourth-order valence-electron chi connectivity index (χ4n) is 1.85. The quantitative estimate of drug-likeness (QED) is 0.644. The number of aromatic carboxylic acids is 1. The van der Waals surface area contributed by atoms with Crippen LogP contribution in [0.1, 0.15) is 15.9 Å². The lowest BCUT2D eigenvalue weighted by molar-refractivity contribution is -0.384. The van der Waals surface area contributed by atoms with Gasteiger partial charge in [0.25, 0.3) is 0 Å². The molecule has 0 heterocycles. The van der Waals surface area contributed by atoms with E-state index in [-0.39, 0.29) is 11.3 Å². The minimum Gasteiger partial charge on any atom is -0.477 e. The molecule has 2 aromatic rings. The lowest BCUT2D eigenvalue weighted by atomic mass is 10.1. The zero-order valence-corrected chi connectivity index (χ0v) is 10.4. The van der Waals surface area contributed by atoms with Crippen LogP contribution >= 0.6 is 0 Å². The van der Waals surface area contributed by atoms with E-state index in [0.717, 1.165) is 5.56 Å². The van der Waals surface area contributed by atoms with Gasteiger partial charge < -0.3 is 10.4 Å². The number of hydrogen-bond acceptors (Lipinski definition) is 4. The summed E-state index contributed by atoms with van der Waals surface area (Å²) >= 11 is 0. The van der Waals surface area contributed by atoms with Crippen LogP contribution in [0.2, 0.25) is 0 Å². The molecule has 0 unspecified atom stereocenters. The molecule has 0 aliphatic rings. The molecule has 0 atom stereocenters. The van der Waals surface area contributed by atoms with Crippen molar-refractivity contribution in [2.24, 2.45) is 0 Å². The van der Waals surface area contributed by atoms with E-state index in [1.165, 1.54) is 18.2 Å². The highest BCUT2D eigenvalue weighted by Crippen LogP contribution is 2.29. The van der Waals surface area contributed by atoms with Gasteiger partial charge in [-0.05, 0) is 17.7 Å². The van der Waals surface area contributed by atoms with Crippen molar-refractivity contribution in [3.05, 3.63) is 69.8 Å². The zero-order valence-electron chi connectivity index (χ0n) is 10.4. The second-order valence-electron chi connectivity index (χ2n) is 4.10. The molecule has 6 nitrogen and oxygen atoms in total. The van der Waals surface area contributed by atoms with Crippen molar-refractivity contribution in [3.63, 3.8) is 0 Å². The Hall–Kier alpha value is -2.89. The fraction of sp³-hybridized carbons (Fsp3) is 0.0714. The van der Waals surface area contributed by atoms with Crippen molar-refractivity contribution in [2.75, 3.05) is 5.32 Å². The number of rotatable bonds is 5. The third-order valence-corrected chi connectivity index (χ3v) is 2.77. The molecule has 2 rings (SSSR count). The largest absolute Gasteiger partial charge is 0.477 e. The molecule has 2 N–H and O–H groups in total. The molecule has 0 saturated heterocycles. The second-order valence-corrected chi connectivity index (χ2v) is 4.10. The molecular formula is C14H12N2O4. The van der Waals surface area contributed by atoms with Gasteiger partial charge in [0.2, 0.25) is 0 Å². The van der Waals surface area contributed by atoms with E-state index in [2.05, 4.69) is 5.32 Å². The van der Waals surface area contributed by atoms with Crippen molar-refractivity contribution >= 4 is 17.3 Å². The fourth-order valence-corrected chi connectivity index (χ4v) is 1.85. The average molecular weight is 272 g/mol. The molecule has 0 aliphatic carbocycles. The summed E-state index contributed by atoms with van der Waals surface area (Å²) in [6.45, 7) is 0.380. The number of para-hydroxylation sites is 1. The lowest BCUT2D eigenvalue weighted by Crippen LogP contribution is -2.07. The highest BCUT2D eigenvalue weighted by atomic mass is 16.6. The molecule has 0 amide bonds. The molecular weight excluding hydrogens is 260 g/mol. The van der Waals surface area contributed by atoms with Crippen LogP contribution in [0.15, 0.2) is 48.5 Å². The molecule has 2 aromatic carbocycles. The lowest BCUT2D eigenvalue weighted by Gasteiger charge is -2.08. The van der Waals surface area contributed by atoms with Crippen LogP contribution in [-0.2, 0) is 6.54 Å². The molecule has 0 fully saturated rings. The third kappa shape index (κ3) is 2.92. The molecule has 0 radical (unpaired) electrons. The van der Waals surface area contributed by atoms with Crippen molar-refractivity contribution < 1.29 is 14.8 Å². The van der Waals surface area contributed by atoms with Gasteiger partial charge in [0, 0.05) is 6.54 Å². The minimum absolute atomic E-state index is 0.193. The van der Waals surface area contributed by atoms with E-state index in [0.29, 0.717) is 6.54 Å². The highest BCUT2D eigenvalue weighted by Gasteiger charge is 2.23. The number of hydrogen-bond donors (Lipinski definition) is 2. The maximum atomic E-state index is 11.1. The summed E-state index contributed by atoms with van der Waals surface area (Å²) in [6, 6.07) is 13.5. The maximum Gasteiger partial charge on any atom is 0.342 e. The van der Waals surface area contributed by atoms with Gasteiger partial charge in [-0.15, -0.1) is 0 Å².